The number of carbonyl (C=O) groups excluding carboxylic acids is 2. The molecule has 11 nitrogen and oxygen atoms in total. The number of benzene rings is 2. The summed E-state index contributed by atoms with van der Waals surface area (Å²) in [5.74, 6) is -1.42. The van der Waals surface area contributed by atoms with E-state index in [4.69, 9.17) is 48.5 Å². The molecule has 4 atom stereocenters. The van der Waals surface area contributed by atoms with Crippen molar-refractivity contribution in [2.24, 2.45) is 10.2 Å². The lowest BCUT2D eigenvalue weighted by Crippen LogP contribution is -2.51. The molecular weight excluding hydrogens is 475 g/mol. The largest absolute Gasteiger partial charge is 0.456 e. The molecule has 0 saturated carbocycles. The fourth-order valence-corrected chi connectivity index (χ4v) is 3.38. The van der Waals surface area contributed by atoms with Gasteiger partial charge in [0, 0.05) is 26.3 Å². The van der Waals surface area contributed by atoms with Crippen LogP contribution >= 0.6 is 23.2 Å². The maximum absolute atomic E-state index is 12.6. The van der Waals surface area contributed by atoms with Gasteiger partial charge in [-0.25, -0.2) is 9.59 Å². The Bertz CT molecular complexity index is 1100. The molecule has 0 unspecified atom stereocenters. The molecule has 13 heteroatoms. The van der Waals surface area contributed by atoms with Crippen molar-refractivity contribution in [3.8, 4) is 0 Å². The maximum atomic E-state index is 12.6. The van der Waals surface area contributed by atoms with Gasteiger partial charge in [-0.3, -0.25) is 0 Å². The average Bonchev–Trinajstić information content (AvgIpc) is 2.80. The number of nitrogens with zero attached hydrogens (tertiary/aromatic N) is 6. The minimum absolute atomic E-state index is 0.0886. The summed E-state index contributed by atoms with van der Waals surface area (Å²) in [5, 5.41) is 8.04. The van der Waals surface area contributed by atoms with E-state index in [1.807, 2.05) is 0 Å². The molecule has 1 aliphatic rings. The zero-order chi connectivity index (χ0) is 23.8. The number of esters is 2. The minimum Gasteiger partial charge on any atom is -0.456 e. The molecule has 0 amide bonds. The predicted molar refractivity (Wildman–Crippen MR) is 118 cm³/mol. The summed E-state index contributed by atoms with van der Waals surface area (Å²) in [4.78, 5) is 30.6. The molecule has 170 valence electrons. The smallest absolute Gasteiger partial charge is 0.340 e. The molecule has 0 aliphatic carbocycles. The van der Waals surface area contributed by atoms with Crippen molar-refractivity contribution < 1.29 is 23.8 Å². The highest BCUT2D eigenvalue weighted by molar-refractivity contribution is 6.31. The minimum atomic E-state index is -1.15. The number of carbonyl (C=O) groups is 2. The van der Waals surface area contributed by atoms with Crippen molar-refractivity contribution >= 4 is 35.1 Å². The Morgan fingerprint density at radius 1 is 0.939 bits per heavy atom. The van der Waals surface area contributed by atoms with Gasteiger partial charge in [0.25, 0.3) is 0 Å². The molecule has 3 rings (SSSR count). The lowest BCUT2D eigenvalue weighted by Gasteiger charge is -2.38. The van der Waals surface area contributed by atoms with Crippen LogP contribution in [0.1, 0.15) is 27.1 Å². The van der Waals surface area contributed by atoms with Crippen LogP contribution in [0.25, 0.3) is 20.9 Å². The highest BCUT2D eigenvalue weighted by atomic mass is 35.5. The standard InChI is InChI=1S/C20H16Cl2N6O5/c21-13-5-1-11(2-6-13)19(29)32-17-9-15(26-28-24)18(16(31-17)10-25-27-23)33-20(30)12-3-7-14(22)8-4-12/h1-8,15-18H,9-10H2/t15-,16+,17-,18-/m0/s1. The lowest BCUT2D eigenvalue weighted by atomic mass is 9.99. The number of azide groups is 2. The Morgan fingerprint density at radius 3 is 2.00 bits per heavy atom. The van der Waals surface area contributed by atoms with E-state index in [2.05, 4.69) is 20.1 Å². The van der Waals surface area contributed by atoms with Crippen LogP contribution in [0.15, 0.2) is 58.8 Å². The third-order valence-corrected chi connectivity index (χ3v) is 5.18. The summed E-state index contributed by atoms with van der Waals surface area (Å²) in [5.41, 5.74) is 18.2. The molecule has 1 heterocycles. The van der Waals surface area contributed by atoms with Gasteiger partial charge in [0.2, 0.25) is 6.29 Å². The molecule has 2 aromatic rings. The second-order valence-corrected chi connectivity index (χ2v) is 7.69. The molecular formula is C20H16Cl2N6O5. The molecule has 33 heavy (non-hydrogen) atoms. The first-order valence-electron chi connectivity index (χ1n) is 9.55. The highest BCUT2D eigenvalue weighted by Gasteiger charge is 2.42. The summed E-state index contributed by atoms with van der Waals surface area (Å²) in [7, 11) is 0. The summed E-state index contributed by atoms with van der Waals surface area (Å²) in [6.07, 6.45) is -3.37. The number of hydrogen-bond donors (Lipinski definition) is 0. The molecule has 1 fully saturated rings. The Kier molecular flexibility index (Phi) is 8.37. The first-order valence-corrected chi connectivity index (χ1v) is 10.3. The quantitative estimate of drug-likeness (QED) is 0.217. The summed E-state index contributed by atoms with van der Waals surface area (Å²) >= 11 is 11.7. The third kappa shape index (κ3) is 6.52. The van der Waals surface area contributed by atoms with Crippen LogP contribution in [-0.2, 0) is 14.2 Å². The van der Waals surface area contributed by atoms with Crippen molar-refractivity contribution in [3.05, 3.63) is 90.6 Å². The van der Waals surface area contributed by atoms with E-state index < -0.39 is 36.5 Å². The van der Waals surface area contributed by atoms with Crippen molar-refractivity contribution in [2.45, 2.75) is 31.0 Å². The number of ether oxygens (including phenoxy) is 3. The fraction of sp³-hybridized carbons (Fsp3) is 0.300. The van der Waals surface area contributed by atoms with E-state index >= 15 is 0 Å². The topological polar surface area (TPSA) is 159 Å². The Morgan fingerprint density at radius 2 is 1.48 bits per heavy atom. The van der Waals surface area contributed by atoms with Gasteiger partial charge >= 0.3 is 11.9 Å². The number of rotatable bonds is 7. The van der Waals surface area contributed by atoms with Gasteiger partial charge in [0.1, 0.15) is 12.2 Å². The van der Waals surface area contributed by atoms with E-state index in [1.165, 1.54) is 48.5 Å². The molecule has 0 N–H and O–H groups in total. The molecule has 0 radical (unpaired) electrons. The van der Waals surface area contributed by atoms with Gasteiger partial charge in [-0.05, 0) is 59.6 Å². The van der Waals surface area contributed by atoms with Gasteiger partial charge in [-0.15, -0.1) is 0 Å². The zero-order valence-corrected chi connectivity index (χ0v) is 18.3. The van der Waals surface area contributed by atoms with Crippen molar-refractivity contribution in [3.63, 3.8) is 0 Å². The average molecular weight is 491 g/mol. The Labute approximate surface area is 197 Å². The van der Waals surface area contributed by atoms with Crippen LogP contribution in [0.3, 0.4) is 0 Å². The van der Waals surface area contributed by atoms with Gasteiger partial charge in [0.05, 0.1) is 23.7 Å². The van der Waals surface area contributed by atoms with Crippen LogP contribution in [0.2, 0.25) is 10.0 Å². The predicted octanol–water partition coefficient (Wildman–Crippen LogP) is 5.48. The van der Waals surface area contributed by atoms with Crippen LogP contribution in [0, 0.1) is 0 Å². The lowest BCUT2D eigenvalue weighted by molar-refractivity contribution is -0.202. The third-order valence-electron chi connectivity index (χ3n) is 4.67. The van der Waals surface area contributed by atoms with Crippen LogP contribution < -0.4 is 0 Å². The normalized spacial score (nSPS) is 21.8. The second kappa shape index (κ2) is 11.4. The summed E-state index contributed by atoms with van der Waals surface area (Å²) in [6, 6.07) is 11.0. The SMILES string of the molecule is [N-]=[N+]=NC[C@H]1O[C@@H](OC(=O)c2ccc(Cl)cc2)C[C@H](N=[N+]=[N-])[C@@H]1OC(=O)c1ccc(Cl)cc1. The van der Waals surface area contributed by atoms with Crippen molar-refractivity contribution in [1.82, 2.24) is 0 Å². The molecule has 1 aliphatic heterocycles. The first-order chi connectivity index (χ1) is 15.9. The molecule has 2 aromatic carbocycles. The second-order valence-electron chi connectivity index (χ2n) is 6.81. The number of hydrogen-bond acceptors (Lipinski definition) is 7. The van der Waals surface area contributed by atoms with E-state index in [-0.39, 0.29) is 24.1 Å². The van der Waals surface area contributed by atoms with E-state index in [0.29, 0.717) is 10.0 Å². The molecule has 0 bridgehead atoms. The first kappa shape index (κ1) is 24.2. The summed E-state index contributed by atoms with van der Waals surface area (Å²) < 4.78 is 16.6. The zero-order valence-electron chi connectivity index (χ0n) is 16.8. The van der Waals surface area contributed by atoms with Crippen molar-refractivity contribution in [1.29, 1.82) is 0 Å². The van der Waals surface area contributed by atoms with E-state index in [0.717, 1.165) is 0 Å². The van der Waals surface area contributed by atoms with E-state index in [9.17, 15) is 9.59 Å². The maximum Gasteiger partial charge on any atom is 0.340 e. The van der Waals surface area contributed by atoms with E-state index in [1.54, 1.807) is 0 Å². The molecule has 0 spiro atoms. The highest BCUT2D eigenvalue weighted by Crippen LogP contribution is 2.28. The molecule has 0 aromatic heterocycles. The fourth-order valence-electron chi connectivity index (χ4n) is 3.13. The van der Waals surface area contributed by atoms with Crippen LogP contribution in [0.5, 0.6) is 0 Å². The molecule has 1 saturated heterocycles. The van der Waals surface area contributed by atoms with Crippen LogP contribution in [-0.4, -0.2) is 43.0 Å². The van der Waals surface area contributed by atoms with Gasteiger partial charge < -0.3 is 14.2 Å². The van der Waals surface area contributed by atoms with Gasteiger partial charge in [-0.2, -0.15) is 0 Å². The van der Waals surface area contributed by atoms with Crippen molar-refractivity contribution in [2.75, 3.05) is 6.54 Å². The Balaban J connectivity index is 1.79. The Hall–Kier alpha value is -3.46. The van der Waals surface area contributed by atoms with Gasteiger partial charge in [0.15, 0.2) is 0 Å². The van der Waals surface area contributed by atoms with Gasteiger partial charge in [-0.1, -0.05) is 33.4 Å². The number of halogens is 2. The van der Waals surface area contributed by atoms with Crippen LogP contribution in [0.4, 0.5) is 0 Å². The monoisotopic (exact) mass is 490 g/mol. The summed E-state index contributed by atoms with van der Waals surface area (Å²) in [6.45, 7) is -0.262.